The Bertz CT molecular complexity index is 1810. The van der Waals surface area contributed by atoms with Gasteiger partial charge >= 0.3 is 11.9 Å². The molecule has 0 aromatic heterocycles. The first-order valence-corrected chi connectivity index (χ1v) is 13.4. The quantitative estimate of drug-likeness (QED) is 0.141. The minimum atomic E-state index is -0.785. The molecule has 8 nitrogen and oxygen atoms in total. The van der Waals surface area contributed by atoms with Crippen molar-refractivity contribution in [1.29, 1.82) is 0 Å². The predicted molar refractivity (Wildman–Crippen MR) is 155 cm³/mol. The lowest BCUT2D eigenvalue weighted by molar-refractivity contribution is 0.0463. The van der Waals surface area contributed by atoms with E-state index in [1.165, 1.54) is 24.3 Å². The van der Waals surface area contributed by atoms with Crippen molar-refractivity contribution < 1.29 is 39.1 Å². The average Bonchev–Trinajstić information content (AvgIpc) is 3.00. The molecule has 210 valence electrons. The van der Waals surface area contributed by atoms with Gasteiger partial charge in [0.15, 0.2) is 23.0 Å². The van der Waals surface area contributed by atoms with Gasteiger partial charge < -0.3 is 29.5 Å². The van der Waals surface area contributed by atoms with Gasteiger partial charge in [-0.2, -0.15) is 0 Å². The monoisotopic (exact) mass is 562 g/mol. The highest BCUT2D eigenvalue weighted by Crippen LogP contribution is 2.54. The number of phenols is 3. The van der Waals surface area contributed by atoms with Gasteiger partial charge in [0.25, 0.3) is 0 Å². The van der Waals surface area contributed by atoms with E-state index >= 15 is 0 Å². The average molecular weight is 563 g/mol. The van der Waals surface area contributed by atoms with Gasteiger partial charge in [0.1, 0.15) is 5.75 Å². The zero-order chi connectivity index (χ0) is 29.2. The molecule has 42 heavy (non-hydrogen) atoms. The molecule has 0 atom stereocenters. The summed E-state index contributed by atoms with van der Waals surface area (Å²) in [5.41, 5.74) is 2.28. The summed E-state index contributed by atoms with van der Waals surface area (Å²) < 4.78 is 17.2. The van der Waals surface area contributed by atoms with Crippen LogP contribution in [-0.2, 0) is 22.3 Å². The summed E-state index contributed by atoms with van der Waals surface area (Å²) in [6.45, 7) is 0.119. The molecular formula is C34H26O8. The van der Waals surface area contributed by atoms with Gasteiger partial charge in [-0.25, -0.2) is 9.59 Å². The maximum absolute atomic E-state index is 13.8. The first kappa shape index (κ1) is 26.7. The number of fused-ring (bicyclic) bond motifs is 2. The maximum atomic E-state index is 13.8. The van der Waals surface area contributed by atoms with Crippen molar-refractivity contribution in [3.63, 3.8) is 0 Å². The fourth-order valence-corrected chi connectivity index (χ4v) is 5.11. The van der Waals surface area contributed by atoms with Crippen LogP contribution >= 0.6 is 0 Å². The third-order valence-corrected chi connectivity index (χ3v) is 7.15. The van der Waals surface area contributed by atoms with E-state index in [4.69, 9.17) is 14.2 Å². The molecule has 3 N–H and O–H groups in total. The van der Waals surface area contributed by atoms with Crippen LogP contribution in [0.3, 0.4) is 0 Å². The van der Waals surface area contributed by atoms with Gasteiger partial charge in [-0.15, -0.1) is 0 Å². The van der Waals surface area contributed by atoms with Gasteiger partial charge in [0.2, 0.25) is 0 Å². The molecule has 6 rings (SSSR count). The molecule has 8 heteroatoms. The molecule has 0 amide bonds. The van der Waals surface area contributed by atoms with Crippen LogP contribution in [0.4, 0.5) is 0 Å². The predicted octanol–water partition coefficient (Wildman–Crippen LogP) is 6.53. The molecule has 1 aliphatic heterocycles. The lowest BCUT2D eigenvalue weighted by Gasteiger charge is -2.25. The Morgan fingerprint density at radius 3 is 1.90 bits per heavy atom. The lowest BCUT2D eigenvalue weighted by Crippen LogP contribution is -2.18. The number of phenolic OH excluding ortho intramolecular Hbond substituents is 3. The summed E-state index contributed by atoms with van der Waals surface area (Å²) in [4.78, 5) is 27.4. The fraction of sp³-hybridized carbons (Fsp3) is 0.118. The second-order valence-corrected chi connectivity index (χ2v) is 9.87. The van der Waals surface area contributed by atoms with Crippen LogP contribution < -0.4 is 4.74 Å². The van der Waals surface area contributed by atoms with Crippen LogP contribution in [0.15, 0.2) is 91.0 Å². The van der Waals surface area contributed by atoms with Crippen molar-refractivity contribution in [1.82, 2.24) is 0 Å². The third-order valence-electron chi connectivity index (χ3n) is 7.15. The van der Waals surface area contributed by atoms with Crippen molar-refractivity contribution in [2.24, 2.45) is 0 Å². The van der Waals surface area contributed by atoms with Crippen molar-refractivity contribution in [2.75, 3.05) is 13.2 Å². The zero-order valence-corrected chi connectivity index (χ0v) is 22.4. The first-order chi connectivity index (χ1) is 20.4. The Kier molecular flexibility index (Phi) is 7.10. The highest BCUT2D eigenvalue weighted by Gasteiger charge is 2.33. The smallest absolute Gasteiger partial charge is 0.339 e. The molecule has 1 heterocycles. The zero-order valence-electron chi connectivity index (χ0n) is 22.4. The van der Waals surface area contributed by atoms with E-state index in [1.807, 2.05) is 60.7 Å². The summed E-state index contributed by atoms with van der Waals surface area (Å²) in [6, 6.07) is 26.0. The Morgan fingerprint density at radius 1 is 0.667 bits per heavy atom. The van der Waals surface area contributed by atoms with Crippen LogP contribution in [0.25, 0.3) is 21.9 Å². The molecule has 0 aliphatic carbocycles. The molecule has 0 unspecified atom stereocenters. The van der Waals surface area contributed by atoms with Crippen molar-refractivity contribution in [3.05, 3.63) is 113 Å². The number of benzene rings is 5. The van der Waals surface area contributed by atoms with Crippen molar-refractivity contribution >= 4 is 22.7 Å². The Hall–Kier alpha value is -5.50. The van der Waals surface area contributed by atoms with Crippen molar-refractivity contribution in [3.8, 4) is 39.9 Å². The van der Waals surface area contributed by atoms with E-state index in [2.05, 4.69) is 0 Å². The first-order valence-electron chi connectivity index (χ1n) is 13.4. The number of carbonyl (C=O) groups is 2. The standard InChI is InChI=1S/C34H26O8/c35-25-12-11-22-17-24(33(38)40-15-13-20-7-3-1-4-8-20)31(34(39)41-16-14-21-9-5-2-6-10-21)30-23-18-26(36)27(37)19-28(23)42-32(25)29(22)30/h1-12,17-19,35-37H,13-16H2. The summed E-state index contributed by atoms with van der Waals surface area (Å²) in [5.74, 6) is -2.50. The van der Waals surface area contributed by atoms with Gasteiger partial charge in [-0.05, 0) is 34.7 Å². The second-order valence-electron chi connectivity index (χ2n) is 9.87. The number of hydrogen-bond donors (Lipinski definition) is 3. The molecule has 0 fully saturated rings. The van der Waals surface area contributed by atoms with Gasteiger partial charge in [0.05, 0.1) is 24.3 Å². The Balaban J connectivity index is 1.45. The molecule has 0 radical (unpaired) electrons. The van der Waals surface area contributed by atoms with E-state index in [1.54, 1.807) is 6.07 Å². The van der Waals surface area contributed by atoms with Crippen molar-refractivity contribution in [2.45, 2.75) is 12.8 Å². The van der Waals surface area contributed by atoms with Crippen LogP contribution in [0.5, 0.6) is 28.7 Å². The molecule has 0 saturated heterocycles. The van der Waals surface area contributed by atoms with Gasteiger partial charge in [0, 0.05) is 35.4 Å². The summed E-state index contributed by atoms with van der Waals surface area (Å²) >= 11 is 0. The van der Waals surface area contributed by atoms with E-state index in [0.717, 1.165) is 11.1 Å². The summed E-state index contributed by atoms with van der Waals surface area (Å²) in [6.07, 6.45) is 0.929. The van der Waals surface area contributed by atoms with E-state index in [0.29, 0.717) is 23.6 Å². The minimum absolute atomic E-state index is 0.0349. The molecular weight excluding hydrogens is 536 g/mol. The van der Waals surface area contributed by atoms with E-state index < -0.39 is 23.4 Å². The number of hydrogen-bond acceptors (Lipinski definition) is 8. The van der Waals surface area contributed by atoms with Crippen LogP contribution in [-0.4, -0.2) is 40.5 Å². The molecule has 0 saturated carbocycles. The van der Waals surface area contributed by atoms with Crippen LogP contribution in [0.1, 0.15) is 31.8 Å². The number of esters is 2. The van der Waals surface area contributed by atoms with Gasteiger partial charge in [-0.3, -0.25) is 0 Å². The number of carbonyl (C=O) groups excluding carboxylic acids is 2. The van der Waals surface area contributed by atoms with E-state index in [-0.39, 0.29) is 52.7 Å². The maximum Gasteiger partial charge on any atom is 0.339 e. The highest BCUT2D eigenvalue weighted by atomic mass is 16.5. The Morgan fingerprint density at radius 2 is 1.26 bits per heavy atom. The SMILES string of the molecule is O=C(OCCc1ccccc1)c1cc2ccc(O)c3c2c(c1C(=O)OCCc1ccccc1)-c1cc(O)c(O)cc1O3. The van der Waals surface area contributed by atoms with E-state index in [9.17, 15) is 24.9 Å². The lowest BCUT2D eigenvalue weighted by atomic mass is 9.87. The third kappa shape index (κ3) is 5.06. The minimum Gasteiger partial charge on any atom is -0.504 e. The summed E-state index contributed by atoms with van der Waals surface area (Å²) in [5, 5.41) is 32.0. The van der Waals surface area contributed by atoms with Crippen LogP contribution in [0.2, 0.25) is 0 Å². The molecule has 1 aliphatic rings. The fourth-order valence-electron chi connectivity index (χ4n) is 5.11. The number of ether oxygens (including phenoxy) is 3. The van der Waals surface area contributed by atoms with Gasteiger partial charge in [-0.1, -0.05) is 66.7 Å². The summed E-state index contributed by atoms with van der Waals surface area (Å²) in [7, 11) is 0. The topological polar surface area (TPSA) is 123 Å². The Labute approximate surface area is 241 Å². The second kappa shape index (κ2) is 11.2. The normalized spacial score (nSPS) is 11.4. The molecule has 5 aromatic rings. The van der Waals surface area contributed by atoms with Crippen LogP contribution in [0, 0.1) is 0 Å². The molecule has 0 spiro atoms. The number of rotatable bonds is 8. The highest BCUT2D eigenvalue weighted by molar-refractivity contribution is 6.18. The number of aromatic hydroxyl groups is 3. The largest absolute Gasteiger partial charge is 0.504 e. The molecule has 5 aromatic carbocycles. The molecule has 0 bridgehead atoms.